The fraction of sp³-hybridized carbons (Fsp3) is 0.636. The predicted octanol–water partition coefficient (Wildman–Crippen LogP) is 0.0488. The maximum absolute atomic E-state index is 11.7. The molecule has 5 heteroatoms. The number of nitrogens with one attached hydrogen (secondary N) is 1. The van der Waals surface area contributed by atoms with Crippen molar-refractivity contribution < 1.29 is 4.79 Å². The minimum atomic E-state index is -0.0276. The monoisotopic (exact) mass is 222 g/mol. The highest BCUT2D eigenvalue weighted by atomic mass is 16.2. The number of amides is 1. The van der Waals surface area contributed by atoms with Crippen LogP contribution < -0.4 is 5.32 Å². The standard InChI is InChI=1S/C11H18N4O/c1-8-6-9(15(3)13-8)7-12-10-4-5-14(2)11(10)16/h6,10,12H,4-5,7H2,1-3H3. The zero-order valence-electron chi connectivity index (χ0n) is 10.0. The smallest absolute Gasteiger partial charge is 0.239 e. The van der Waals surface area contributed by atoms with E-state index >= 15 is 0 Å². The Morgan fingerprint density at radius 3 is 2.81 bits per heavy atom. The molecule has 1 aromatic heterocycles. The lowest BCUT2D eigenvalue weighted by atomic mass is 10.2. The van der Waals surface area contributed by atoms with Crippen molar-refractivity contribution in [3.8, 4) is 0 Å². The maximum atomic E-state index is 11.7. The van der Waals surface area contributed by atoms with E-state index < -0.39 is 0 Å². The summed E-state index contributed by atoms with van der Waals surface area (Å²) in [5.74, 6) is 0.193. The first-order valence-electron chi connectivity index (χ1n) is 5.56. The summed E-state index contributed by atoms with van der Waals surface area (Å²) < 4.78 is 1.85. The molecule has 0 bridgehead atoms. The minimum absolute atomic E-state index is 0.0276. The number of hydrogen-bond acceptors (Lipinski definition) is 3. The highest BCUT2D eigenvalue weighted by molar-refractivity contribution is 5.83. The molecule has 1 aliphatic heterocycles. The van der Waals surface area contributed by atoms with E-state index in [1.165, 1.54) is 0 Å². The molecule has 1 amide bonds. The molecule has 2 heterocycles. The summed E-state index contributed by atoms with van der Waals surface area (Å²) in [7, 11) is 3.77. The van der Waals surface area contributed by atoms with Crippen molar-refractivity contribution in [1.82, 2.24) is 20.0 Å². The van der Waals surface area contributed by atoms with Gasteiger partial charge in [-0.05, 0) is 19.4 Å². The van der Waals surface area contributed by atoms with Gasteiger partial charge in [0.25, 0.3) is 0 Å². The first-order valence-corrected chi connectivity index (χ1v) is 5.56. The third-order valence-corrected chi connectivity index (χ3v) is 3.06. The number of aryl methyl sites for hydroxylation is 2. The van der Waals surface area contributed by atoms with Crippen LogP contribution in [0.1, 0.15) is 17.8 Å². The molecule has 0 aromatic carbocycles. The predicted molar refractivity (Wildman–Crippen MR) is 60.8 cm³/mol. The third-order valence-electron chi connectivity index (χ3n) is 3.06. The third kappa shape index (κ3) is 2.09. The topological polar surface area (TPSA) is 50.2 Å². The van der Waals surface area contributed by atoms with Gasteiger partial charge in [0.2, 0.25) is 5.91 Å². The Hall–Kier alpha value is -1.36. The van der Waals surface area contributed by atoms with Crippen LogP contribution in [0.3, 0.4) is 0 Å². The van der Waals surface area contributed by atoms with Gasteiger partial charge in [-0.15, -0.1) is 0 Å². The Morgan fingerprint density at radius 1 is 1.56 bits per heavy atom. The van der Waals surface area contributed by atoms with Crippen LogP contribution in [0.5, 0.6) is 0 Å². The summed E-state index contributed by atoms with van der Waals surface area (Å²) in [6, 6.07) is 2.01. The molecule has 1 unspecified atom stereocenters. The van der Waals surface area contributed by atoms with Crippen LogP contribution in [0.2, 0.25) is 0 Å². The van der Waals surface area contributed by atoms with E-state index in [2.05, 4.69) is 10.4 Å². The average Bonchev–Trinajstić information content (AvgIpc) is 2.70. The van der Waals surface area contributed by atoms with Gasteiger partial charge in [0.15, 0.2) is 0 Å². The van der Waals surface area contributed by atoms with E-state index in [4.69, 9.17) is 0 Å². The molecule has 1 atom stereocenters. The second kappa shape index (κ2) is 4.25. The normalized spacial score (nSPS) is 20.8. The van der Waals surface area contributed by atoms with Crippen molar-refractivity contribution >= 4 is 5.91 Å². The van der Waals surface area contributed by atoms with Crippen LogP contribution in [-0.4, -0.2) is 40.2 Å². The van der Waals surface area contributed by atoms with Crippen molar-refractivity contribution in [1.29, 1.82) is 0 Å². The van der Waals surface area contributed by atoms with Crippen molar-refractivity contribution in [3.63, 3.8) is 0 Å². The van der Waals surface area contributed by atoms with Crippen LogP contribution in [0.15, 0.2) is 6.07 Å². The molecule has 16 heavy (non-hydrogen) atoms. The van der Waals surface area contributed by atoms with Crippen molar-refractivity contribution in [3.05, 3.63) is 17.5 Å². The Balaban J connectivity index is 1.93. The van der Waals surface area contributed by atoms with Gasteiger partial charge >= 0.3 is 0 Å². The van der Waals surface area contributed by atoms with Gasteiger partial charge in [0, 0.05) is 27.2 Å². The van der Waals surface area contributed by atoms with Crippen LogP contribution >= 0.6 is 0 Å². The number of rotatable bonds is 3. The molecule has 1 aliphatic rings. The quantitative estimate of drug-likeness (QED) is 0.786. The molecule has 1 fully saturated rings. The summed E-state index contributed by atoms with van der Waals surface area (Å²) in [5, 5.41) is 7.55. The lowest BCUT2D eigenvalue weighted by Gasteiger charge is -2.11. The molecule has 0 radical (unpaired) electrons. The number of likely N-dealkylation sites (N-methyl/N-ethyl adjacent to an activating group) is 1. The zero-order chi connectivity index (χ0) is 11.7. The van der Waals surface area contributed by atoms with Crippen LogP contribution in [0.4, 0.5) is 0 Å². The van der Waals surface area contributed by atoms with Gasteiger partial charge in [-0.25, -0.2) is 0 Å². The zero-order valence-corrected chi connectivity index (χ0v) is 10.0. The lowest BCUT2D eigenvalue weighted by Crippen LogP contribution is -2.36. The second-order valence-electron chi connectivity index (χ2n) is 4.38. The van der Waals surface area contributed by atoms with E-state index in [0.29, 0.717) is 6.54 Å². The summed E-state index contributed by atoms with van der Waals surface area (Å²) in [6.45, 7) is 3.51. The van der Waals surface area contributed by atoms with Crippen LogP contribution in [0, 0.1) is 6.92 Å². The van der Waals surface area contributed by atoms with Gasteiger partial charge in [0.05, 0.1) is 17.4 Å². The fourth-order valence-corrected chi connectivity index (χ4v) is 2.07. The molecule has 0 spiro atoms. The van der Waals surface area contributed by atoms with E-state index in [1.807, 2.05) is 31.8 Å². The first-order chi connectivity index (χ1) is 7.58. The highest BCUT2D eigenvalue weighted by Crippen LogP contribution is 2.09. The molecule has 0 aliphatic carbocycles. The summed E-state index contributed by atoms with van der Waals surface area (Å²) in [4.78, 5) is 13.4. The van der Waals surface area contributed by atoms with Gasteiger partial charge in [0.1, 0.15) is 0 Å². The number of likely N-dealkylation sites (tertiary alicyclic amines) is 1. The second-order valence-corrected chi connectivity index (χ2v) is 4.38. The average molecular weight is 222 g/mol. The largest absolute Gasteiger partial charge is 0.344 e. The van der Waals surface area contributed by atoms with Crippen molar-refractivity contribution in [2.75, 3.05) is 13.6 Å². The van der Waals surface area contributed by atoms with Gasteiger partial charge in [-0.1, -0.05) is 0 Å². The summed E-state index contributed by atoms with van der Waals surface area (Å²) in [5.41, 5.74) is 2.12. The van der Waals surface area contributed by atoms with E-state index in [1.54, 1.807) is 4.90 Å². The molecule has 1 aromatic rings. The Morgan fingerprint density at radius 2 is 2.31 bits per heavy atom. The number of aromatic nitrogens is 2. The lowest BCUT2D eigenvalue weighted by molar-refractivity contribution is -0.128. The maximum Gasteiger partial charge on any atom is 0.239 e. The first kappa shape index (κ1) is 11.1. The molecule has 1 saturated heterocycles. The Labute approximate surface area is 95.4 Å². The molecular formula is C11H18N4O. The van der Waals surface area contributed by atoms with Crippen molar-refractivity contribution in [2.45, 2.75) is 25.9 Å². The fourth-order valence-electron chi connectivity index (χ4n) is 2.07. The molecule has 1 N–H and O–H groups in total. The number of carbonyl (C=O) groups is 1. The minimum Gasteiger partial charge on any atom is -0.344 e. The number of hydrogen-bond donors (Lipinski definition) is 1. The number of carbonyl (C=O) groups excluding carboxylic acids is 1. The van der Waals surface area contributed by atoms with E-state index in [-0.39, 0.29) is 11.9 Å². The van der Waals surface area contributed by atoms with Crippen molar-refractivity contribution in [2.24, 2.45) is 7.05 Å². The van der Waals surface area contributed by atoms with Gasteiger partial charge < -0.3 is 10.2 Å². The molecule has 0 saturated carbocycles. The Bertz CT molecular complexity index is 399. The summed E-state index contributed by atoms with van der Waals surface area (Å²) in [6.07, 6.45) is 0.895. The Kier molecular flexibility index (Phi) is 2.96. The summed E-state index contributed by atoms with van der Waals surface area (Å²) >= 11 is 0. The molecular weight excluding hydrogens is 204 g/mol. The highest BCUT2D eigenvalue weighted by Gasteiger charge is 2.28. The number of nitrogens with zero attached hydrogens (tertiary/aromatic N) is 3. The molecule has 88 valence electrons. The van der Waals surface area contributed by atoms with E-state index in [9.17, 15) is 4.79 Å². The van der Waals surface area contributed by atoms with Gasteiger partial charge in [-0.3, -0.25) is 9.48 Å². The van der Waals surface area contributed by atoms with E-state index in [0.717, 1.165) is 24.4 Å². The SMILES string of the molecule is Cc1cc(CNC2CCN(C)C2=O)n(C)n1. The van der Waals surface area contributed by atoms with Gasteiger partial charge in [-0.2, -0.15) is 5.10 Å². The molecule has 2 rings (SSSR count). The van der Waals surface area contributed by atoms with Crippen LogP contribution in [-0.2, 0) is 18.4 Å². The van der Waals surface area contributed by atoms with Crippen LogP contribution in [0.25, 0.3) is 0 Å². The molecule has 5 nitrogen and oxygen atoms in total.